The van der Waals surface area contributed by atoms with Crippen LogP contribution in [0.2, 0.25) is 0 Å². The summed E-state index contributed by atoms with van der Waals surface area (Å²) in [7, 11) is 0. The van der Waals surface area contributed by atoms with Gasteiger partial charge in [-0.15, -0.1) is 0 Å². The third-order valence-electron chi connectivity index (χ3n) is 4.85. The van der Waals surface area contributed by atoms with Gasteiger partial charge in [0, 0.05) is 17.1 Å². The van der Waals surface area contributed by atoms with E-state index in [4.69, 9.17) is 0 Å². The predicted octanol–water partition coefficient (Wildman–Crippen LogP) is 2.55. The van der Waals surface area contributed by atoms with Crippen molar-refractivity contribution in [3.63, 3.8) is 0 Å². The van der Waals surface area contributed by atoms with Gasteiger partial charge in [-0.25, -0.2) is 0 Å². The number of aryl methyl sites for hydroxylation is 1. The number of fused-ring (bicyclic) bond motifs is 1. The number of amides is 1. The Balaban J connectivity index is 1.77. The van der Waals surface area contributed by atoms with Crippen LogP contribution in [0.25, 0.3) is 10.9 Å². The quantitative estimate of drug-likeness (QED) is 0.767. The van der Waals surface area contributed by atoms with Crippen LogP contribution in [0.3, 0.4) is 0 Å². The van der Waals surface area contributed by atoms with E-state index in [1.54, 1.807) is 0 Å². The summed E-state index contributed by atoms with van der Waals surface area (Å²) >= 11 is 0. The van der Waals surface area contributed by atoms with Crippen molar-refractivity contribution in [3.05, 3.63) is 35.5 Å². The molecule has 0 spiro atoms. The molecular formula is C18H24N2O2. The van der Waals surface area contributed by atoms with Gasteiger partial charge in [0.25, 0.3) is 0 Å². The zero-order valence-electron chi connectivity index (χ0n) is 13.3. The van der Waals surface area contributed by atoms with Crippen molar-refractivity contribution < 1.29 is 9.90 Å². The van der Waals surface area contributed by atoms with Crippen molar-refractivity contribution in [1.82, 2.24) is 10.3 Å². The van der Waals surface area contributed by atoms with E-state index in [-0.39, 0.29) is 12.5 Å². The van der Waals surface area contributed by atoms with Gasteiger partial charge in [0.05, 0.1) is 18.6 Å². The van der Waals surface area contributed by atoms with E-state index in [9.17, 15) is 9.90 Å². The summed E-state index contributed by atoms with van der Waals surface area (Å²) in [5.41, 5.74) is 2.93. The molecular weight excluding hydrogens is 276 g/mol. The third kappa shape index (κ3) is 2.75. The number of hydrogen-bond donors (Lipinski definition) is 3. The van der Waals surface area contributed by atoms with E-state index in [1.807, 2.05) is 19.2 Å². The number of aromatic amines is 1. The van der Waals surface area contributed by atoms with Gasteiger partial charge in [-0.2, -0.15) is 0 Å². The highest BCUT2D eigenvalue weighted by molar-refractivity contribution is 5.90. The SMILES string of the molecule is CCc1cccc2c(CC(=O)NC(C)(CO)C3CC3)c[nH]c12. The zero-order chi connectivity index (χ0) is 15.7. The number of aliphatic hydroxyl groups is 1. The molecule has 1 aliphatic carbocycles. The van der Waals surface area contributed by atoms with Crippen molar-refractivity contribution in [2.45, 2.75) is 45.1 Å². The normalized spacial score (nSPS) is 17.4. The molecule has 22 heavy (non-hydrogen) atoms. The number of rotatable bonds is 6. The minimum atomic E-state index is -0.474. The van der Waals surface area contributed by atoms with Gasteiger partial charge in [-0.1, -0.05) is 25.1 Å². The van der Waals surface area contributed by atoms with E-state index < -0.39 is 5.54 Å². The molecule has 1 unspecified atom stereocenters. The predicted molar refractivity (Wildman–Crippen MR) is 87.7 cm³/mol. The Morgan fingerprint density at radius 2 is 2.18 bits per heavy atom. The summed E-state index contributed by atoms with van der Waals surface area (Å²) < 4.78 is 0. The molecule has 118 valence electrons. The van der Waals surface area contributed by atoms with Crippen LogP contribution in [-0.4, -0.2) is 28.1 Å². The number of aromatic nitrogens is 1. The second-order valence-electron chi connectivity index (χ2n) is 6.58. The van der Waals surface area contributed by atoms with Gasteiger partial charge in [0.15, 0.2) is 0 Å². The summed E-state index contributed by atoms with van der Waals surface area (Å²) in [5, 5.41) is 13.7. The van der Waals surface area contributed by atoms with E-state index in [2.05, 4.69) is 29.4 Å². The van der Waals surface area contributed by atoms with E-state index in [0.717, 1.165) is 35.7 Å². The van der Waals surface area contributed by atoms with Crippen LogP contribution < -0.4 is 5.32 Å². The molecule has 1 aliphatic rings. The van der Waals surface area contributed by atoms with Crippen LogP contribution >= 0.6 is 0 Å². The topological polar surface area (TPSA) is 65.1 Å². The number of nitrogens with one attached hydrogen (secondary N) is 2. The Morgan fingerprint density at radius 3 is 2.82 bits per heavy atom. The maximum absolute atomic E-state index is 12.4. The summed E-state index contributed by atoms with van der Waals surface area (Å²) in [6.07, 6.45) is 5.41. The van der Waals surface area contributed by atoms with Crippen molar-refractivity contribution in [2.75, 3.05) is 6.61 Å². The lowest BCUT2D eigenvalue weighted by Gasteiger charge is -2.28. The first kappa shape index (κ1) is 15.1. The Labute approximate surface area is 130 Å². The maximum atomic E-state index is 12.4. The largest absolute Gasteiger partial charge is 0.394 e. The second-order valence-corrected chi connectivity index (χ2v) is 6.58. The smallest absolute Gasteiger partial charge is 0.225 e. The number of para-hydroxylation sites is 1. The summed E-state index contributed by atoms with van der Waals surface area (Å²) in [4.78, 5) is 15.7. The molecule has 3 rings (SSSR count). The maximum Gasteiger partial charge on any atom is 0.225 e. The van der Waals surface area contributed by atoms with Crippen LogP contribution in [0, 0.1) is 5.92 Å². The minimum absolute atomic E-state index is 0.00270. The standard InChI is InChI=1S/C18H24N2O2/c1-3-12-5-4-6-15-13(10-19-17(12)15)9-16(22)20-18(2,11-21)14-7-8-14/h4-6,10,14,19,21H,3,7-9,11H2,1-2H3,(H,20,22). The van der Waals surface area contributed by atoms with Crippen molar-refractivity contribution in [2.24, 2.45) is 5.92 Å². The third-order valence-corrected chi connectivity index (χ3v) is 4.85. The Bertz CT molecular complexity index is 687. The summed E-state index contributed by atoms with van der Waals surface area (Å²) in [6, 6.07) is 6.21. The van der Waals surface area contributed by atoms with E-state index >= 15 is 0 Å². The molecule has 4 nitrogen and oxygen atoms in total. The number of carbonyl (C=O) groups excluding carboxylic acids is 1. The van der Waals surface area contributed by atoms with Crippen molar-refractivity contribution >= 4 is 16.8 Å². The number of benzene rings is 1. The Morgan fingerprint density at radius 1 is 1.41 bits per heavy atom. The molecule has 4 heteroatoms. The van der Waals surface area contributed by atoms with Gasteiger partial charge in [0.1, 0.15) is 0 Å². The van der Waals surface area contributed by atoms with Crippen LogP contribution in [0.1, 0.15) is 37.8 Å². The number of hydrogen-bond acceptors (Lipinski definition) is 2. The van der Waals surface area contributed by atoms with Gasteiger partial charge < -0.3 is 15.4 Å². The second kappa shape index (κ2) is 5.76. The Kier molecular flexibility index (Phi) is 3.96. The molecule has 0 saturated heterocycles. The average Bonchev–Trinajstić information content (AvgIpc) is 3.30. The van der Waals surface area contributed by atoms with Gasteiger partial charge >= 0.3 is 0 Å². The Hall–Kier alpha value is -1.81. The van der Waals surface area contributed by atoms with Crippen LogP contribution in [0.4, 0.5) is 0 Å². The fraction of sp³-hybridized carbons (Fsp3) is 0.500. The molecule has 1 heterocycles. The van der Waals surface area contributed by atoms with Crippen LogP contribution in [0.15, 0.2) is 24.4 Å². The van der Waals surface area contributed by atoms with E-state index in [1.165, 1.54) is 5.56 Å². The fourth-order valence-corrected chi connectivity index (χ4v) is 3.24. The molecule has 1 fully saturated rings. The van der Waals surface area contributed by atoms with Crippen LogP contribution in [0.5, 0.6) is 0 Å². The molecule has 0 radical (unpaired) electrons. The summed E-state index contributed by atoms with van der Waals surface area (Å²) in [6.45, 7) is 4.06. The highest BCUT2D eigenvalue weighted by Gasteiger charge is 2.42. The monoisotopic (exact) mass is 300 g/mol. The highest BCUT2D eigenvalue weighted by Crippen LogP contribution is 2.39. The molecule has 1 atom stereocenters. The van der Waals surface area contributed by atoms with Crippen molar-refractivity contribution in [1.29, 1.82) is 0 Å². The highest BCUT2D eigenvalue weighted by atomic mass is 16.3. The number of aliphatic hydroxyl groups excluding tert-OH is 1. The first-order chi connectivity index (χ1) is 10.6. The molecule has 1 aromatic heterocycles. The van der Waals surface area contributed by atoms with Crippen molar-refractivity contribution in [3.8, 4) is 0 Å². The van der Waals surface area contributed by atoms with Gasteiger partial charge in [-0.3, -0.25) is 4.79 Å². The van der Waals surface area contributed by atoms with E-state index in [0.29, 0.717) is 12.3 Å². The summed E-state index contributed by atoms with van der Waals surface area (Å²) in [5.74, 6) is 0.391. The van der Waals surface area contributed by atoms with Gasteiger partial charge in [0.2, 0.25) is 5.91 Å². The molecule has 1 aromatic carbocycles. The fourth-order valence-electron chi connectivity index (χ4n) is 3.24. The zero-order valence-corrected chi connectivity index (χ0v) is 13.3. The van der Waals surface area contributed by atoms with Gasteiger partial charge in [-0.05, 0) is 43.2 Å². The molecule has 0 bridgehead atoms. The lowest BCUT2D eigenvalue weighted by molar-refractivity contribution is -0.123. The number of carbonyl (C=O) groups is 1. The lowest BCUT2D eigenvalue weighted by Crippen LogP contribution is -2.51. The molecule has 0 aliphatic heterocycles. The molecule has 1 amide bonds. The first-order valence-corrected chi connectivity index (χ1v) is 8.07. The molecule has 3 N–H and O–H groups in total. The minimum Gasteiger partial charge on any atom is -0.394 e. The average molecular weight is 300 g/mol. The first-order valence-electron chi connectivity index (χ1n) is 8.07. The lowest BCUT2D eigenvalue weighted by atomic mass is 9.96. The molecule has 1 saturated carbocycles. The van der Waals surface area contributed by atoms with Crippen LogP contribution in [-0.2, 0) is 17.6 Å². The number of H-pyrrole nitrogens is 1. The molecule has 2 aromatic rings.